The Morgan fingerprint density at radius 1 is 0.695 bits per heavy atom. The molecule has 0 aromatic carbocycles. The fraction of sp³-hybridized carbons (Fsp3) is 0.308. The number of carboxylic acid groups (broad SMARTS) is 2. The number of aliphatic carboxylic acids is 2. The zero-order chi connectivity index (χ0) is 36.3. The maximum Gasteiger partial charge on any atom is 1.00 e. The van der Waals surface area contributed by atoms with Crippen molar-refractivity contribution < 1.29 is 146 Å². The number of rotatable bonds is 10. The molecule has 320 valence electrons. The van der Waals surface area contributed by atoms with Crippen LogP contribution < -0.4 is 91.4 Å². The Bertz CT molecular complexity index is 1770. The second-order valence-corrected chi connectivity index (χ2v) is 14.0. The summed E-state index contributed by atoms with van der Waals surface area (Å²) >= 11 is 4.92. The van der Waals surface area contributed by atoms with Gasteiger partial charge in [0.05, 0.1) is 23.3 Å². The number of nitrogen functional groups attached to an aromatic ring is 2. The van der Waals surface area contributed by atoms with Crippen LogP contribution in [0.5, 0.6) is 0 Å². The first-order valence-electron chi connectivity index (χ1n) is 13.9. The summed E-state index contributed by atoms with van der Waals surface area (Å²) in [5.74, 6) is -4.47. The SMILES string of the molecule is CO/N=C(\C(=O)N[C@@H]1C(=O)N2C(C(=O)[O-])=CCS[C@H]12)c1csc(N)n1.CO/N=C(\C(=O)N[C@@H]1C(=O)N2C(C(=O)[O-])=CCS[C@H]12)c1csc(N)n1.O.O.O.O.O.O.O.[Na+].[Na+]. The molecule has 0 saturated carbocycles. The van der Waals surface area contributed by atoms with E-state index in [1.165, 1.54) is 60.7 Å². The monoisotopic (exact) mass is 936 g/mol. The Kier molecular flexibility index (Phi) is 30.8. The molecular weight excluding hydrogens is 899 g/mol. The summed E-state index contributed by atoms with van der Waals surface area (Å²) < 4.78 is 0. The first-order valence-corrected chi connectivity index (χ1v) is 17.7. The zero-order valence-electron chi connectivity index (χ0n) is 31.1. The van der Waals surface area contributed by atoms with E-state index in [2.05, 4.69) is 40.6 Å². The largest absolute Gasteiger partial charge is 1.00 e. The molecule has 6 heterocycles. The maximum atomic E-state index is 12.5. The van der Waals surface area contributed by atoms with Crippen LogP contribution in [0.25, 0.3) is 0 Å². The van der Waals surface area contributed by atoms with Gasteiger partial charge in [0.1, 0.15) is 48.4 Å². The van der Waals surface area contributed by atoms with Crippen molar-refractivity contribution in [1.82, 2.24) is 30.4 Å². The van der Waals surface area contributed by atoms with E-state index in [4.69, 9.17) is 11.5 Å². The van der Waals surface area contributed by atoms with Crippen molar-refractivity contribution in [1.29, 1.82) is 0 Å². The quantitative estimate of drug-likeness (QED) is 0.0744. The average molecular weight is 937 g/mol. The second-order valence-electron chi connectivity index (χ2n) is 9.91. The summed E-state index contributed by atoms with van der Waals surface area (Å²) in [7, 11) is 2.54. The smallest absolute Gasteiger partial charge is 0.543 e. The van der Waals surface area contributed by atoms with Crippen molar-refractivity contribution in [3.63, 3.8) is 0 Å². The fourth-order valence-corrected chi connectivity index (χ4v) is 8.35. The summed E-state index contributed by atoms with van der Waals surface area (Å²) in [6.07, 6.45) is 2.81. The minimum atomic E-state index is -1.43. The maximum absolute atomic E-state index is 12.5. The van der Waals surface area contributed by atoms with Crippen molar-refractivity contribution >= 4 is 103 Å². The first kappa shape index (κ1) is 64.7. The normalized spacial score (nSPS) is 19.2. The van der Waals surface area contributed by atoms with E-state index in [-0.39, 0.29) is 142 Å². The van der Waals surface area contributed by atoms with Gasteiger partial charge in [-0.25, -0.2) is 9.97 Å². The van der Waals surface area contributed by atoms with E-state index in [1.54, 1.807) is 0 Å². The number of carboxylic acids is 2. The van der Waals surface area contributed by atoms with E-state index in [9.17, 15) is 39.0 Å². The fourth-order valence-electron chi connectivity index (χ4n) is 4.86. The number of aromatic nitrogens is 2. The molecule has 0 spiro atoms. The Morgan fingerprint density at radius 3 is 1.27 bits per heavy atom. The van der Waals surface area contributed by atoms with Crippen molar-refractivity contribution in [2.45, 2.75) is 22.8 Å². The van der Waals surface area contributed by atoms with Gasteiger partial charge in [0, 0.05) is 22.3 Å². The standard InChI is InChI=1S/2C13H13N5O5S2.2Na.7H2O/c2*1-23-17-7(5-4-25-13(14)15-5)9(19)16-8-10(20)18-6(12(21)22)2-3-24-11(8)18;;;;;;;;;/h2*2,4,8,11H,3H2,1H3,(H2,14,15)(H,16,19)(H,21,22);;;7*1H2/q;;2*+1;;;;;;;/p-2/b2*17-7-;;;;;;;;;/t2*8-,11-;;;;;;;;;/m11........./s1. The topological polar surface area (TPSA) is 521 Å². The van der Waals surface area contributed by atoms with Crippen LogP contribution in [0.15, 0.2) is 44.6 Å². The number of nitrogens with one attached hydrogen (secondary N) is 2. The molecule has 2 aromatic rings. The molecule has 59 heavy (non-hydrogen) atoms. The Labute approximate surface area is 392 Å². The first-order chi connectivity index (χ1) is 23.9. The molecular formula is C26H38N10Na2O17S4. The molecule has 0 aliphatic carbocycles. The van der Waals surface area contributed by atoms with Gasteiger partial charge < -0.3 is 89.9 Å². The van der Waals surface area contributed by atoms with Gasteiger partial charge in [0.15, 0.2) is 21.7 Å². The number of carbonyl (C=O) groups excluding carboxylic acids is 6. The third-order valence-electron chi connectivity index (χ3n) is 7.01. The van der Waals surface area contributed by atoms with E-state index < -0.39 is 58.4 Å². The molecule has 4 atom stereocenters. The van der Waals surface area contributed by atoms with Crippen LogP contribution in [-0.2, 0) is 38.4 Å². The molecule has 0 unspecified atom stereocenters. The van der Waals surface area contributed by atoms with Crippen molar-refractivity contribution in [3.05, 3.63) is 45.7 Å². The number of thioether (sulfide) groups is 2. The number of fused-ring (bicyclic) bond motifs is 2. The van der Waals surface area contributed by atoms with Crippen LogP contribution in [0.2, 0.25) is 0 Å². The number of thiazole rings is 2. The molecule has 20 N–H and O–H groups in total. The number of hydrogen-bond donors (Lipinski definition) is 4. The molecule has 2 fully saturated rings. The molecule has 33 heteroatoms. The minimum absolute atomic E-state index is 0. The van der Waals surface area contributed by atoms with Gasteiger partial charge in [-0.1, -0.05) is 10.3 Å². The van der Waals surface area contributed by atoms with Crippen LogP contribution in [0.3, 0.4) is 0 Å². The minimum Gasteiger partial charge on any atom is -0.543 e. The molecule has 2 aromatic heterocycles. The van der Waals surface area contributed by atoms with Gasteiger partial charge in [-0.3, -0.25) is 29.0 Å². The molecule has 4 amide bonds. The number of amides is 4. The zero-order valence-corrected chi connectivity index (χ0v) is 38.4. The molecule has 27 nitrogen and oxygen atoms in total. The molecule has 2 saturated heterocycles. The van der Waals surface area contributed by atoms with Crippen LogP contribution in [0, 0.1) is 0 Å². The second kappa shape index (κ2) is 28.1. The van der Waals surface area contributed by atoms with Gasteiger partial charge in [-0.05, 0) is 12.2 Å². The third kappa shape index (κ3) is 13.8. The summed E-state index contributed by atoms with van der Waals surface area (Å²) in [5, 5.41) is 37.1. The predicted octanol–water partition coefficient (Wildman–Crippen LogP) is -15.5. The molecule has 6 rings (SSSR count). The van der Waals surface area contributed by atoms with Gasteiger partial charge in [-0.15, -0.1) is 46.2 Å². The summed E-state index contributed by atoms with van der Waals surface area (Å²) in [5.41, 5.74) is 10.9. The number of nitrogens with zero attached hydrogens (tertiary/aromatic N) is 6. The van der Waals surface area contributed by atoms with Gasteiger partial charge in [-0.2, -0.15) is 0 Å². The number of β-lactam (4-membered cyclic amide) rings is 2. The predicted molar refractivity (Wildman–Crippen MR) is 202 cm³/mol. The van der Waals surface area contributed by atoms with Crippen molar-refractivity contribution in [2.75, 3.05) is 37.2 Å². The third-order valence-corrected chi connectivity index (χ3v) is 10.7. The number of hydrogen-bond acceptors (Lipinski definition) is 20. The Morgan fingerprint density at radius 2 is 1.02 bits per heavy atom. The Balaban J connectivity index is -0.000000286. The van der Waals surface area contributed by atoms with Crippen molar-refractivity contribution in [2.24, 2.45) is 10.3 Å². The summed E-state index contributed by atoms with van der Waals surface area (Å²) in [4.78, 5) is 91.0. The summed E-state index contributed by atoms with van der Waals surface area (Å²) in [6, 6.07) is -1.75. The van der Waals surface area contributed by atoms with E-state index in [0.29, 0.717) is 11.5 Å². The van der Waals surface area contributed by atoms with Gasteiger partial charge >= 0.3 is 59.1 Å². The van der Waals surface area contributed by atoms with Crippen LogP contribution >= 0.6 is 46.2 Å². The summed E-state index contributed by atoms with van der Waals surface area (Å²) in [6.45, 7) is 0. The van der Waals surface area contributed by atoms with E-state index in [0.717, 1.165) is 32.5 Å². The van der Waals surface area contributed by atoms with Crippen LogP contribution in [0.1, 0.15) is 11.4 Å². The molecule has 0 bridgehead atoms. The van der Waals surface area contributed by atoms with Crippen LogP contribution in [-0.4, -0.2) is 154 Å². The number of oxime groups is 2. The average Bonchev–Trinajstić information content (AvgIpc) is 3.73. The number of carbonyl (C=O) groups is 6. The number of nitrogens with two attached hydrogens (primary N) is 2. The molecule has 4 aliphatic heterocycles. The van der Waals surface area contributed by atoms with E-state index in [1.807, 2.05) is 0 Å². The van der Waals surface area contributed by atoms with Gasteiger partial charge in [0.2, 0.25) is 0 Å². The van der Waals surface area contributed by atoms with E-state index >= 15 is 0 Å². The van der Waals surface area contributed by atoms with Gasteiger partial charge in [0.25, 0.3) is 23.6 Å². The van der Waals surface area contributed by atoms with Crippen LogP contribution in [0.4, 0.5) is 10.3 Å². The molecule has 0 radical (unpaired) electrons. The van der Waals surface area contributed by atoms with Crippen molar-refractivity contribution in [3.8, 4) is 0 Å². The number of anilines is 2. The Hall–Kier alpha value is -3.48. The molecule has 4 aliphatic rings.